The van der Waals surface area contributed by atoms with Gasteiger partial charge in [-0.15, -0.1) is 11.8 Å². The van der Waals surface area contributed by atoms with E-state index in [1.54, 1.807) is 24.0 Å². The van der Waals surface area contributed by atoms with E-state index in [1.807, 2.05) is 0 Å². The van der Waals surface area contributed by atoms with Crippen molar-refractivity contribution in [3.63, 3.8) is 0 Å². The van der Waals surface area contributed by atoms with Gasteiger partial charge in [0.25, 0.3) is 0 Å². The van der Waals surface area contributed by atoms with Crippen LogP contribution >= 0.6 is 11.8 Å². The lowest BCUT2D eigenvalue weighted by molar-refractivity contribution is -0.142. The van der Waals surface area contributed by atoms with Crippen molar-refractivity contribution < 1.29 is 9.53 Å². The van der Waals surface area contributed by atoms with Gasteiger partial charge in [0.15, 0.2) is 5.44 Å². The maximum absolute atomic E-state index is 10.9. The van der Waals surface area contributed by atoms with Crippen molar-refractivity contribution in [2.24, 2.45) is 0 Å². The van der Waals surface area contributed by atoms with Gasteiger partial charge in [-0.2, -0.15) is 0 Å². The van der Waals surface area contributed by atoms with Crippen LogP contribution in [-0.2, 0) is 9.53 Å². The molecule has 1 unspecified atom stereocenters. The molecule has 0 aromatic carbocycles. The summed E-state index contributed by atoms with van der Waals surface area (Å²) in [7, 11) is 0. The second kappa shape index (κ2) is 6.40. The van der Waals surface area contributed by atoms with Crippen LogP contribution in [0.2, 0.25) is 0 Å². The van der Waals surface area contributed by atoms with Crippen molar-refractivity contribution in [1.29, 1.82) is 0 Å². The van der Waals surface area contributed by atoms with Gasteiger partial charge in [-0.1, -0.05) is 6.92 Å². The minimum atomic E-state index is -0.314. The summed E-state index contributed by atoms with van der Waals surface area (Å²) in [5.41, 5.74) is 0.420. The molecule has 4 nitrogen and oxygen atoms in total. The molecule has 0 amide bonds. The van der Waals surface area contributed by atoms with Gasteiger partial charge in [0.2, 0.25) is 0 Å². The summed E-state index contributed by atoms with van der Waals surface area (Å²) < 4.78 is 5.17. The first-order valence-electron chi connectivity index (χ1n) is 4.78. The molecule has 0 N–H and O–H groups in total. The highest BCUT2D eigenvalue weighted by atomic mass is 32.2. The summed E-state index contributed by atoms with van der Waals surface area (Å²) in [6.45, 7) is 3.48. The molecule has 0 fully saturated rings. The third-order valence-corrected chi connectivity index (χ3v) is 2.88. The zero-order valence-corrected chi connectivity index (χ0v) is 9.66. The van der Waals surface area contributed by atoms with Crippen LogP contribution < -0.4 is 0 Å². The molecule has 0 aliphatic rings. The molecule has 1 atom stereocenters. The van der Waals surface area contributed by atoms with E-state index in [0.717, 1.165) is 17.9 Å². The van der Waals surface area contributed by atoms with Crippen molar-refractivity contribution >= 4 is 17.7 Å². The highest BCUT2D eigenvalue weighted by molar-refractivity contribution is 7.99. The lowest BCUT2D eigenvalue weighted by Gasteiger charge is -2.14. The number of hydrogen-bond acceptors (Lipinski definition) is 5. The Hall–Kier alpha value is -1.10. The number of esters is 1. The third-order valence-electron chi connectivity index (χ3n) is 1.59. The predicted molar refractivity (Wildman–Crippen MR) is 59.3 cm³/mol. The van der Waals surface area contributed by atoms with Crippen molar-refractivity contribution in [3.05, 3.63) is 24.3 Å². The topological polar surface area (TPSA) is 52.1 Å². The van der Waals surface area contributed by atoms with Gasteiger partial charge in [-0.05, 0) is 18.2 Å². The Kier molecular flexibility index (Phi) is 5.10. The number of carbonyl (C=O) groups is 1. The van der Waals surface area contributed by atoms with E-state index in [0.29, 0.717) is 0 Å². The van der Waals surface area contributed by atoms with Gasteiger partial charge < -0.3 is 4.74 Å². The Morgan fingerprint density at radius 1 is 1.67 bits per heavy atom. The predicted octanol–water partition coefficient (Wildman–Crippen LogP) is 2.18. The fourth-order valence-corrected chi connectivity index (χ4v) is 1.96. The Morgan fingerprint density at radius 2 is 2.47 bits per heavy atom. The summed E-state index contributed by atoms with van der Waals surface area (Å²) in [6.07, 6.45) is 4.14. The number of carbonyl (C=O) groups excluding carboxylic acids is 1. The normalized spacial score (nSPS) is 12.1. The molecule has 1 aromatic heterocycles. The number of thioether (sulfide) groups is 1. The van der Waals surface area contributed by atoms with Gasteiger partial charge >= 0.3 is 5.97 Å². The van der Waals surface area contributed by atoms with E-state index >= 15 is 0 Å². The molecule has 1 rings (SSSR count). The van der Waals surface area contributed by atoms with Gasteiger partial charge in [-0.3, -0.25) is 4.79 Å². The highest BCUT2D eigenvalue weighted by Crippen LogP contribution is 2.28. The van der Waals surface area contributed by atoms with Crippen molar-refractivity contribution in [1.82, 2.24) is 9.97 Å². The van der Waals surface area contributed by atoms with E-state index in [-0.39, 0.29) is 11.4 Å². The molecule has 0 bridgehead atoms. The van der Waals surface area contributed by atoms with E-state index in [9.17, 15) is 4.79 Å². The monoisotopic (exact) mass is 226 g/mol. The average Bonchev–Trinajstić information content (AvgIpc) is 2.25. The van der Waals surface area contributed by atoms with Crippen LogP contribution in [0.1, 0.15) is 31.4 Å². The van der Waals surface area contributed by atoms with Crippen LogP contribution in [0.25, 0.3) is 0 Å². The zero-order chi connectivity index (χ0) is 11.1. The quantitative estimate of drug-likeness (QED) is 0.569. The molecule has 5 heteroatoms. The fourth-order valence-electron chi connectivity index (χ4n) is 0.996. The van der Waals surface area contributed by atoms with E-state index in [1.165, 1.54) is 13.3 Å². The standard InChI is InChI=1S/C10H14N2O2S/c1-3-6-15-10(14-8(2)13)9-4-5-11-7-12-9/h4-5,7,10H,3,6H2,1-2H3. The third kappa shape index (κ3) is 4.29. The number of ether oxygens (including phenoxy) is 1. The molecule has 0 aliphatic heterocycles. The molecule has 0 aliphatic carbocycles. The summed E-state index contributed by atoms with van der Waals surface area (Å²) >= 11 is 1.57. The van der Waals surface area contributed by atoms with Crippen LogP contribution in [0.5, 0.6) is 0 Å². The van der Waals surface area contributed by atoms with Crippen molar-refractivity contribution in [2.75, 3.05) is 5.75 Å². The fraction of sp³-hybridized carbons (Fsp3) is 0.500. The second-order valence-corrected chi connectivity index (χ2v) is 4.12. The molecule has 0 saturated heterocycles. The number of hydrogen-bond donors (Lipinski definition) is 0. The Bertz CT molecular complexity index is 306. The second-order valence-electron chi connectivity index (χ2n) is 2.95. The van der Waals surface area contributed by atoms with E-state index in [2.05, 4.69) is 16.9 Å². The first-order valence-corrected chi connectivity index (χ1v) is 5.83. The van der Waals surface area contributed by atoms with Crippen LogP contribution in [0.3, 0.4) is 0 Å². The summed E-state index contributed by atoms with van der Waals surface area (Å²) in [6, 6.07) is 1.76. The molecule has 0 spiro atoms. The van der Waals surface area contributed by atoms with Crippen molar-refractivity contribution in [3.8, 4) is 0 Å². The lowest BCUT2D eigenvalue weighted by Crippen LogP contribution is -2.07. The van der Waals surface area contributed by atoms with Gasteiger partial charge in [0.05, 0.1) is 5.69 Å². The minimum Gasteiger partial charge on any atom is -0.445 e. The maximum Gasteiger partial charge on any atom is 0.304 e. The highest BCUT2D eigenvalue weighted by Gasteiger charge is 2.15. The molecule has 0 radical (unpaired) electrons. The van der Waals surface area contributed by atoms with Crippen molar-refractivity contribution in [2.45, 2.75) is 25.7 Å². The van der Waals surface area contributed by atoms with Gasteiger partial charge in [0.1, 0.15) is 6.33 Å². The van der Waals surface area contributed by atoms with Gasteiger partial charge in [-0.25, -0.2) is 9.97 Å². The Morgan fingerprint density at radius 3 is 3.00 bits per heavy atom. The Balaban J connectivity index is 2.67. The first kappa shape index (κ1) is 12.0. The molecule has 82 valence electrons. The first-order chi connectivity index (χ1) is 7.24. The van der Waals surface area contributed by atoms with Crippen LogP contribution in [0.4, 0.5) is 0 Å². The summed E-state index contributed by atoms with van der Waals surface area (Å²) in [5, 5.41) is 0. The molecule has 1 heterocycles. The average molecular weight is 226 g/mol. The summed E-state index contributed by atoms with van der Waals surface area (Å²) in [4.78, 5) is 18.8. The molecular formula is C10H14N2O2S. The van der Waals surface area contributed by atoms with Gasteiger partial charge in [0, 0.05) is 13.1 Å². The maximum atomic E-state index is 10.9. The minimum absolute atomic E-state index is 0.290. The van der Waals surface area contributed by atoms with E-state index < -0.39 is 0 Å². The zero-order valence-electron chi connectivity index (χ0n) is 8.84. The smallest absolute Gasteiger partial charge is 0.304 e. The molecule has 1 aromatic rings. The lowest BCUT2D eigenvalue weighted by atomic mass is 10.4. The van der Waals surface area contributed by atoms with Crippen LogP contribution in [-0.4, -0.2) is 21.7 Å². The van der Waals surface area contributed by atoms with Crippen LogP contribution in [0.15, 0.2) is 18.6 Å². The Labute approximate surface area is 93.5 Å². The summed E-state index contributed by atoms with van der Waals surface area (Å²) in [5.74, 6) is 0.643. The number of nitrogens with zero attached hydrogens (tertiary/aromatic N) is 2. The molecular weight excluding hydrogens is 212 g/mol. The molecule has 15 heavy (non-hydrogen) atoms. The number of aromatic nitrogens is 2. The molecule has 0 saturated carbocycles. The number of rotatable bonds is 5. The van der Waals surface area contributed by atoms with Crippen LogP contribution in [0, 0.1) is 0 Å². The van der Waals surface area contributed by atoms with E-state index in [4.69, 9.17) is 4.74 Å². The largest absolute Gasteiger partial charge is 0.445 e. The SMILES string of the molecule is CCCSC(OC(C)=O)c1ccncn1.